The van der Waals surface area contributed by atoms with Crippen molar-refractivity contribution >= 4 is 12.0 Å². The number of hydrogen-bond acceptors (Lipinski definition) is 4. The summed E-state index contributed by atoms with van der Waals surface area (Å²) in [7, 11) is 0. The van der Waals surface area contributed by atoms with Crippen molar-refractivity contribution in [1.29, 1.82) is 0 Å². The maximum absolute atomic E-state index is 13.2. The molecule has 1 saturated heterocycles. The van der Waals surface area contributed by atoms with Crippen molar-refractivity contribution in [2.45, 2.75) is 45.3 Å². The number of amides is 2. The first-order valence-corrected chi connectivity index (χ1v) is 10.3. The summed E-state index contributed by atoms with van der Waals surface area (Å²) in [6, 6.07) is 19.5. The summed E-state index contributed by atoms with van der Waals surface area (Å²) >= 11 is 0. The van der Waals surface area contributed by atoms with Crippen LogP contribution in [0.2, 0.25) is 0 Å². The van der Waals surface area contributed by atoms with E-state index in [2.05, 4.69) is 6.92 Å². The monoisotopic (exact) mass is 395 g/mol. The zero-order valence-electron chi connectivity index (χ0n) is 17.0. The van der Waals surface area contributed by atoms with Gasteiger partial charge in [0.1, 0.15) is 6.61 Å². The van der Waals surface area contributed by atoms with Crippen LogP contribution < -0.4 is 0 Å². The second-order valence-corrected chi connectivity index (χ2v) is 7.47. The zero-order valence-corrected chi connectivity index (χ0v) is 17.0. The summed E-state index contributed by atoms with van der Waals surface area (Å²) in [4.78, 5) is 26.9. The van der Waals surface area contributed by atoms with Gasteiger partial charge in [-0.25, -0.2) is 9.69 Å². The van der Waals surface area contributed by atoms with Crippen molar-refractivity contribution in [2.75, 3.05) is 13.2 Å². The molecule has 2 atom stereocenters. The number of benzene rings is 2. The van der Waals surface area contributed by atoms with Crippen LogP contribution in [0.3, 0.4) is 0 Å². The van der Waals surface area contributed by atoms with E-state index in [1.54, 1.807) is 0 Å². The minimum atomic E-state index is -0.541. The van der Waals surface area contributed by atoms with E-state index in [9.17, 15) is 9.59 Å². The first kappa shape index (κ1) is 21.1. The molecule has 1 aliphatic heterocycles. The first-order chi connectivity index (χ1) is 14.2. The molecule has 0 saturated carbocycles. The molecule has 0 bridgehead atoms. The minimum absolute atomic E-state index is 0.185. The van der Waals surface area contributed by atoms with Gasteiger partial charge < -0.3 is 9.47 Å². The van der Waals surface area contributed by atoms with Crippen LogP contribution in [0, 0.1) is 5.92 Å². The van der Waals surface area contributed by atoms with E-state index in [1.165, 1.54) is 4.90 Å². The van der Waals surface area contributed by atoms with Crippen molar-refractivity contribution < 1.29 is 19.1 Å². The molecule has 154 valence electrons. The van der Waals surface area contributed by atoms with E-state index in [0.717, 1.165) is 24.0 Å². The Hall–Kier alpha value is -2.66. The third kappa shape index (κ3) is 5.91. The summed E-state index contributed by atoms with van der Waals surface area (Å²) in [6.45, 7) is 3.09. The maximum Gasteiger partial charge on any atom is 0.416 e. The van der Waals surface area contributed by atoms with Crippen molar-refractivity contribution in [3.05, 3.63) is 71.8 Å². The Bertz CT molecular complexity index is 778. The Labute approximate surface area is 172 Å². The number of rotatable bonds is 10. The highest BCUT2D eigenvalue weighted by atomic mass is 16.6. The van der Waals surface area contributed by atoms with Crippen LogP contribution in [0.4, 0.5) is 4.79 Å². The number of carbonyl (C=O) groups excluding carboxylic acids is 2. The fourth-order valence-corrected chi connectivity index (χ4v) is 3.59. The molecule has 29 heavy (non-hydrogen) atoms. The lowest BCUT2D eigenvalue weighted by Crippen LogP contribution is -2.44. The predicted molar refractivity (Wildman–Crippen MR) is 111 cm³/mol. The Kier molecular flexibility index (Phi) is 7.82. The molecule has 2 aromatic carbocycles. The van der Waals surface area contributed by atoms with Crippen LogP contribution in [-0.4, -0.2) is 36.2 Å². The summed E-state index contributed by atoms with van der Waals surface area (Å²) < 4.78 is 11.1. The lowest BCUT2D eigenvalue weighted by atomic mass is 9.99. The molecule has 5 heteroatoms. The molecule has 1 fully saturated rings. The van der Waals surface area contributed by atoms with E-state index in [-0.39, 0.29) is 24.5 Å². The fraction of sp³-hybridized carbons (Fsp3) is 0.417. The van der Waals surface area contributed by atoms with Crippen LogP contribution in [0.25, 0.3) is 0 Å². The van der Waals surface area contributed by atoms with E-state index in [0.29, 0.717) is 26.1 Å². The number of unbranched alkanes of at least 4 members (excludes halogenated alkanes) is 1. The van der Waals surface area contributed by atoms with Gasteiger partial charge in [-0.2, -0.15) is 0 Å². The van der Waals surface area contributed by atoms with Crippen molar-refractivity contribution in [2.24, 2.45) is 5.92 Å². The maximum atomic E-state index is 13.2. The highest BCUT2D eigenvalue weighted by molar-refractivity contribution is 5.94. The first-order valence-electron chi connectivity index (χ1n) is 10.3. The lowest BCUT2D eigenvalue weighted by molar-refractivity contribution is -0.136. The van der Waals surface area contributed by atoms with Gasteiger partial charge in [0, 0.05) is 0 Å². The normalized spacial score (nSPS) is 17.2. The quantitative estimate of drug-likeness (QED) is 0.590. The number of cyclic esters (lactones) is 1. The lowest BCUT2D eigenvalue weighted by Gasteiger charge is -2.25. The van der Waals surface area contributed by atoms with E-state index in [1.807, 2.05) is 60.7 Å². The second kappa shape index (κ2) is 10.8. The van der Waals surface area contributed by atoms with Crippen LogP contribution >= 0.6 is 0 Å². The van der Waals surface area contributed by atoms with Gasteiger partial charge in [-0.3, -0.25) is 4.79 Å². The number of carbonyl (C=O) groups is 2. The van der Waals surface area contributed by atoms with Gasteiger partial charge in [0.05, 0.1) is 25.2 Å². The Balaban J connectivity index is 1.64. The van der Waals surface area contributed by atoms with Gasteiger partial charge in [0.2, 0.25) is 5.91 Å². The van der Waals surface area contributed by atoms with E-state index >= 15 is 0 Å². The SMILES string of the molecule is CCCC[C@H](COCc1ccccc1)C(=O)N1C(=O)OC[C@@H]1Cc1ccccc1. The summed E-state index contributed by atoms with van der Waals surface area (Å²) in [6.07, 6.45) is 2.66. The molecule has 2 amide bonds. The smallest absolute Gasteiger partial charge is 0.416 e. The molecule has 5 nitrogen and oxygen atoms in total. The largest absolute Gasteiger partial charge is 0.447 e. The van der Waals surface area contributed by atoms with Crippen LogP contribution in [0.1, 0.15) is 37.3 Å². The molecule has 0 aromatic heterocycles. The highest BCUT2D eigenvalue weighted by Crippen LogP contribution is 2.23. The van der Waals surface area contributed by atoms with Crippen molar-refractivity contribution in [3.8, 4) is 0 Å². The molecule has 1 heterocycles. The minimum Gasteiger partial charge on any atom is -0.447 e. The van der Waals surface area contributed by atoms with E-state index in [4.69, 9.17) is 9.47 Å². The topological polar surface area (TPSA) is 55.8 Å². The van der Waals surface area contributed by atoms with Gasteiger partial charge in [-0.1, -0.05) is 80.4 Å². The van der Waals surface area contributed by atoms with Gasteiger partial charge in [0.25, 0.3) is 0 Å². The highest BCUT2D eigenvalue weighted by Gasteiger charge is 2.40. The number of hydrogen-bond donors (Lipinski definition) is 0. The Morgan fingerprint density at radius 2 is 1.76 bits per heavy atom. The fourth-order valence-electron chi connectivity index (χ4n) is 3.59. The van der Waals surface area contributed by atoms with Gasteiger partial charge >= 0.3 is 6.09 Å². The number of ether oxygens (including phenoxy) is 2. The van der Waals surface area contributed by atoms with Gasteiger partial charge in [-0.05, 0) is 24.0 Å². The summed E-state index contributed by atoms with van der Waals surface area (Å²) in [5, 5.41) is 0. The number of imide groups is 1. The third-order valence-electron chi connectivity index (χ3n) is 5.20. The van der Waals surface area contributed by atoms with Crippen molar-refractivity contribution in [1.82, 2.24) is 4.90 Å². The Morgan fingerprint density at radius 3 is 2.41 bits per heavy atom. The second-order valence-electron chi connectivity index (χ2n) is 7.47. The predicted octanol–water partition coefficient (Wildman–Crippen LogP) is 4.60. The van der Waals surface area contributed by atoms with Gasteiger partial charge in [0.15, 0.2) is 0 Å². The average Bonchev–Trinajstić information content (AvgIpc) is 3.11. The molecular weight excluding hydrogens is 366 g/mol. The van der Waals surface area contributed by atoms with Crippen LogP contribution in [-0.2, 0) is 27.3 Å². The Morgan fingerprint density at radius 1 is 1.10 bits per heavy atom. The van der Waals surface area contributed by atoms with Crippen LogP contribution in [0.15, 0.2) is 60.7 Å². The molecule has 1 aliphatic rings. The average molecular weight is 395 g/mol. The van der Waals surface area contributed by atoms with Gasteiger partial charge in [-0.15, -0.1) is 0 Å². The summed E-state index contributed by atoms with van der Waals surface area (Å²) in [5.41, 5.74) is 2.15. The van der Waals surface area contributed by atoms with Crippen LogP contribution in [0.5, 0.6) is 0 Å². The van der Waals surface area contributed by atoms with E-state index < -0.39 is 6.09 Å². The molecule has 0 radical (unpaired) electrons. The standard InChI is InChI=1S/C24H29NO4/c1-2-3-14-21(17-28-16-20-12-8-5-9-13-20)23(26)25-22(18-29-24(25)27)15-19-10-6-4-7-11-19/h4-13,21-22H,2-3,14-18H2,1H3/t21-,22+/m1/s1. The molecule has 0 unspecified atom stereocenters. The molecule has 0 aliphatic carbocycles. The zero-order chi connectivity index (χ0) is 20.5. The molecule has 3 rings (SSSR count). The molecule has 0 spiro atoms. The molecule has 2 aromatic rings. The van der Waals surface area contributed by atoms with Crippen molar-refractivity contribution in [3.63, 3.8) is 0 Å². The molecule has 0 N–H and O–H groups in total. The molecular formula is C24H29NO4. The summed E-state index contributed by atoms with van der Waals surface area (Å²) in [5.74, 6) is -0.530. The third-order valence-corrected chi connectivity index (χ3v) is 5.20. The number of nitrogens with zero attached hydrogens (tertiary/aromatic N) is 1.